The highest BCUT2D eigenvalue weighted by molar-refractivity contribution is 5.89. The summed E-state index contributed by atoms with van der Waals surface area (Å²) in [5.41, 5.74) is 2.18. The summed E-state index contributed by atoms with van der Waals surface area (Å²) in [6.45, 7) is 0.720. The molecule has 7 nitrogen and oxygen atoms in total. The first-order chi connectivity index (χ1) is 12.1. The second kappa shape index (κ2) is 7.40. The molecule has 2 heterocycles. The fourth-order valence-corrected chi connectivity index (χ4v) is 3.07. The van der Waals surface area contributed by atoms with Gasteiger partial charge in [-0.3, -0.25) is 9.78 Å². The number of methoxy groups -OCH3 is 1. The van der Waals surface area contributed by atoms with E-state index in [1.165, 1.54) is 13.2 Å². The van der Waals surface area contributed by atoms with Gasteiger partial charge in [-0.2, -0.15) is 0 Å². The van der Waals surface area contributed by atoms with E-state index in [4.69, 9.17) is 9.84 Å². The molecule has 1 aromatic carbocycles. The van der Waals surface area contributed by atoms with E-state index in [0.717, 1.165) is 12.8 Å². The van der Waals surface area contributed by atoms with Crippen molar-refractivity contribution in [2.75, 3.05) is 20.3 Å². The van der Waals surface area contributed by atoms with Crippen LogP contribution in [0.25, 0.3) is 11.3 Å². The molecule has 1 N–H and O–H groups in total. The maximum atomic E-state index is 12.2. The van der Waals surface area contributed by atoms with Crippen LogP contribution < -0.4 is 0 Å². The number of amides is 1. The molecule has 3 rings (SSSR count). The van der Waals surface area contributed by atoms with Crippen LogP contribution in [0.2, 0.25) is 0 Å². The fourth-order valence-electron chi connectivity index (χ4n) is 3.07. The van der Waals surface area contributed by atoms with E-state index in [2.05, 4.69) is 9.97 Å². The van der Waals surface area contributed by atoms with Gasteiger partial charge in [0.1, 0.15) is 6.61 Å². The Morgan fingerprint density at radius 2 is 2.20 bits per heavy atom. The van der Waals surface area contributed by atoms with Crippen molar-refractivity contribution in [3.05, 3.63) is 47.9 Å². The molecule has 0 bridgehead atoms. The summed E-state index contributed by atoms with van der Waals surface area (Å²) in [5.74, 6) is -1.05. The Labute approximate surface area is 145 Å². The average molecular weight is 341 g/mol. The van der Waals surface area contributed by atoms with Crippen LogP contribution in [0.5, 0.6) is 0 Å². The Hall–Kier alpha value is -2.80. The van der Waals surface area contributed by atoms with Crippen LogP contribution in [0.3, 0.4) is 0 Å². The molecule has 2 aromatic rings. The zero-order valence-corrected chi connectivity index (χ0v) is 13.9. The van der Waals surface area contributed by atoms with E-state index in [9.17, 15) is 9.59 Å². The van der Waals surface area contributed by atoms with Crippen molar-refractivity contribution >= 4 is 11.9 Å². The van der Waals surface area contributed by atoms with Crippen molar-refractivity contribution < 1.29 is 19.4 Å². The largest absolute Gasteiger partial charge is 0.478 e. The predicted octanol–water partition coefficient (Wildman–Crippen LogP) is 2.15. The molecule has 0 spiro atoms. The molecular weight excluding hydrogens is 322 g/mol. The van der Waals surface area contributed by atoms with Crippen LogP contribution >= 0.6 is 0 Å². The second-order valence-corrected chi connectivity index (χ2v) is 5.89. The Kier molecular flexibility index (Phi) is 5.04. The molecule has 1 fully saturated rings. The summed E-state index contributed by atoms with van der Waals surface area (Å²) in [7, 11) is 1.50. The summed E-state index contributed by atoms with van der Waals surface area (Å²) in [5, 5.41) is 9.14. The lowest BCUT2D eigenvalue weighted by molar-refractivity contribution is -0.136. The standard InChI is InChI=1S/C18H19N3O4/c1-25-11-17(22)21-7-3-6-16(21)15-10-19-9-14(20-15)12-4-2-5-13(8-12)18(23)24/h2,4-5,8-10,16H,3,6-7,11H2,1H3,(H,23,24). The highest BCUT2D eigenvalue weighted by Crippen LogP contribution is 2.31. The van der Waals surface area contributed by atoms with Crippen LogP contribution in [0, 0.1) is 0 Å². The monoisotopic (exact) mass is 341 g/mol. The quantitative estimate of drug-likeness (QED) is 0.896. The number of aromatic nitrogens is 2. The zero-order valence-electron chi connectivity index (χ0n) is 13.9. The molecule has 1 saturated heterocycles. The first-order valence-corrected chi connectivity index (χ1v) is 8.04. The van der Waals surface area contributed by atoms with Gasteiger partial charge in [0.15, 0.2) is 0 Å². The summed E-state index contributed by atoms with van der Waals surface area (Å²) < 4.78 is 4.95. The fraction of sp³-hybridized carbons (Fsp3) is 0.333. The number of rotatable bonds is 5. The van der Waals surface area contributed by atoms with Crippen LogP contribution in [0.1, 0.15) is 34.9 Å². The molecule has 1 unspecified atom stereocenters. The molecule has 0 aliphatic carbocycles. The van der Waals surface area contributed by atoms with Crippen molar-refractivity contribution in [3.8, 4) is 11.3 Å². The zero-order chi connectivity index (χ0) is 17.8. The molecule has 1 aromatic heterocycles. The number of hydrogen-bond donors (Lipinski definition) is 1. The van der Waals surface area contributed by atoms with E-state index >= 15 is 0 Å². The third-order valence-electron chi connectivity index (χ3n) is 4.24. The third kappa shape index (κ3) is 3.66. The average Bonchev–Trinajstić information content (AvgIpc) is 3.12. The lowest BCUT2D eigenvalue weighted by Gasteiger charge is -2.24. The minimum atomic E-state index is -0.988. The van der Waals surface area contributed by atoms with Gasteiger partial charge in [0.25, 0.3) is 0 Å². The topological polar surface area (TPSA) is 92.6 Å². The number of aromatic carboxylic acids is 1. The van der Waals surface area contributed by atoms with Crippen LogP contribution in [0.4, 0.5) is 0 Å². The Balaban J connectivity index is 1.90. The van der Waals surface area contributed by atoms with Gasteiger partial charge in [-0.05, 0) is 25.0 Å². The highest BCUT2D eigenvalue weighted by atomic mass is 16.5. The van der Waals surface area contributed by atoms with E-state index in [-0.39, 0.29) is 24.1 Å². The lowest BCUT2D eigenvalue weighted by Crippen LogP contribution is -2.33. The van der Waals surface area contributed by atoms with Crippen molar-refractivity contribution in [3.63, 3.8) is 0 Å². The van der Waals surface area contributed by atoms with Gasteiger partial charge in [0.2, 0.25) is 5.91 Å². The number of carboxylic acids is 1. The number of likely N-dealkylation sites (tertiary alicyclic amines) is 1. The summed E-state index contributed by atoms with van der Waals surface area (Å²) >= 11 is 0. The molecule has 0 radical (unpaired) electrons. The van der Waals surface area contributed by atoms with Crippen molar-refractivity contribution in [1.29, 1.82) is 0 Å². The molecule has 7 heteroatoms. The van der Waals surface area contributed by atoms with E-state index in [0.29, 0.717) is 23.5 Å². The molecule has 1 atom stereocenters. The van der Waals surface area contributed by atoms with Crippen LogP contribution in [-0.4, -0.2) is 52.1 Å². The Morgan fingerprint density at radius 3 is 2.96 bits per heavy atom. The number of benzene rings is 1. The van der Waals surface area contributed by atoms with Gasteiger partial charge < -0.3 is 14.7 Å². The van der Waals surface area contributed by atoms with E-state index in [1.54, 1.807) is 35.5 Å². The first-order valence-electron chi connectivity index (χ1n) is 8.04. The van der Waals surface area contributed by atoms with Gasteiger partial charge in [-0.1, -0.05) is 12.1 Å². The maximum absolute atomic E-state index is 12.2. The minimum Gasteiger partial charge on any atom is -0.478 e. The van der Waals surface area contributed by atoms with Crippen molar-refractivity contribution in [1.82, 2.24) is 14.9 Å². The van der Waals surface area contributed by atoms with Gasteiger partial charge >= 0.3 is 5.97 Å². The normalized spacial score (nSPS) is 16.8. The molecule has 130 valence electrons. The summed E-state index contributed by atoms with van der Waals surface area (Å²) in [6.07, 6.45) is 4.98. The molecule has 1 amide bonds. The smallest absolute Gasteiger partial charge is 0.335 e. The van der Waals surface area contributed by atoms with Gasteiger partial charge in [0.05, 0.1) is 35.4 Å². The van der Waals surface area contributed by atoms with E-state index < -0.39 is 5.97 Å². The number of hydrogen-bond acceptors (Lipinski definition) is 5. The Bertz CT molecular complexity index is 793. The molecule has 1 aliphatic rings. The van der Waals surface area contributed by atoms with Crippen molar-refractivity contribution in [2.24, 2.45) is 0 Å². The third-order valence-corrected chi connectivity index (χ3v) is 4.24. The number of carbonyl (C=O) groups is 2. The molecule has 1 aliphatic heterocycles. The predicted molar refractivity (Wildman–Crippen MR) is 90.0 cm³/mol. The second-order valence-electron chi connectivity index (χ2n) is 5.89. The molecule has 0 saturated carbocycles. The highest BCUT2D eigenvalue weighted by Gasteiger charge is 2.31. The summed E-state index contributed by atoms with van der Waals surface area (Å²) in [4.78, 5) is 34.0. The van der Waals surface area contributed by atoms with Gasteiger partial charge in [-0.25, -0.2) is 9.78 Å². The summed E-state index contributed by atoms with van der Waals surface area (Å²) in [6, 6.07) is 6.45. The molecular formula is C18H19N3O4. The number of nitrogens with zero attached hydrogens (tertiary/aromatic N) is 3. The van der Waals surface area contributed by atoms with Gasteiger partial charge in [-0.15, -0.1) is 0 Å². The lowest BCUT2D eigenvalue weighted by atomic mass is 10.1. The van der Waals surface area contributed by atoms with Crippen LogP contribution in [0.15, 0.2) is 36.7 Å². The van der Waals surface area contributed by atoms with Gasteiger partial charge in [0, 0.05) is 19.2 Å². The number of carbonyl (C=O) groups excluding carboxylic acids is 1. The maximum Gasteiger partial charge on any atom is 0.335 e. The Morgan fingerprint density at radius 1 is 1.36 bits per heavy atom. The SMILES string of the molecule is COCC(=O)N1CCCC1c1cncc(-c2cccc(C(=O)O)c2)n1. The van der Waals surface area contributed by atoms with E-state index in [1.807, 2.05) is 0 Å². The number of carboxylic acid groups (broad SMARTS) is 1. The number of ether oxygens (including phenoxy) is 1. The minimum absolute atomic E-state index is 0.0459. The van der Waals surface area contributed by atoms with Crippen LogP contribution in [-0.2, 0) is 9.53 Å². The first kappa shape index (κ1) is 17.0. The molecule has 25 heavy (non-hydrogen) atoms. The van der Waals surface area contributed by atoms with Crippen molar-refractivity contribution in [2.45, 2.75) is 18.9 Å².